The Balaban J connectivity index is 2.12. The molecule has 0 bridgehead atoms. The Morgan fingerprint density at radius 2 is 1.63 bits per heavy atom. The van der Waals surface area contributed by atoms with Gasteiger partial charge in [0.25, 0.3) is 0 Å². The number of nitrogens with one attached hydrogen (secondary N) is 1. The van der Waals surface area contributed by atoms with E-state index < -0.39 is 36.6 Å². The normalized spacial score (nSPS) is 12.9. The fourth-order valence-electron chi connectivity index (χ4n) is 4.29. The van der Waals surface area contributed by atoms with E-state index in [1.165, 1.54) is 17.0 Å². The average Bonchev–Trinajstić information content (AvgIpc) is 2.93. The van der Waals surface area contributed by atoms with Gasteiger partial charge in [-0.15, -0.1) is 0 Å². The number of carbonyl (C=O) groups is 3. The molecule has 13 heteroatoms. The van der Waals surface area contributed by atoms with E-state index in [9.17, 15) is 32.6 Å². The highest BCUT2D eigenvalue weighted by Crippen LogP contribution is 2.29. The number of amides is 2. The maximum absolute atomic E-state index is 13.3. The van der Waals surface area contributed by atoms with Crippen LogP contribution in [-0.2, 0) is 33.4 Å². The summed E-state index contributed by atoms with van der Waals surface area (Å²) in [6, 6.07) is 9.43. The van der Waals surface area contributed by atoms with Crippen molar-refractivity contribution in [2.45, 2.75) is 57.2 Å². The molecule has 2 amide bonds. The highest BCUT2D eigenvalue weighted by atomic mass is 19.4. The van der Waals surface area contributed by atoms with E-state index in [0.717, 1.165) is 12.1 Å². The Kier molecular flexibility index (Phi) is 13.5. The molecular formula is C28H39BF3N5O4. The number of nitrogens with two attached hydrogens (primary N) is 3. The van der Waals surface area contributed by atoms with E-state index in [4.69, 9.17) is 17.2 Å². The van der Waals surface area contributed by atoms with Crippen molar-refractivity contribution in [2.24, 2.45) is 17.2 Å². The summed E-state index contributed by atoms with van der Waals surface area (Å²) < 4.78 is 38.8. The number of aryl methyl sites for hydroxylation is 1. The van der Waals surface area contributed by atoms with E-state index >= 15 is 0 Å². The predicted octanol–water partition coefficient (Wildman–Crippen LogP) is 0.609. The quantitative estimate of drug-likeness (QED) is 0.183. The van der Waals surface area contributed by atoms with Crippen molar-refractivity contribution >= 4 is 30.0 Å². The van der Waals surface area contributed by atoms with Gasteiger partial charge in [0.05, 0.1) is 17.6 Å². The molecule has 0 aromatic heterocycles. The zero-order chi connectivity index (χ0) is 30.6. The number of benzene rings is 2. The second-order valence-electron chi connectivity index (χ2n) is 9.96. The van der Waals surface area contributed by atoms with E-state index in [1.54, 1.807) is 31.1 Å². The molecule has 0 aliphatic heterocycles. The van der Waals surface area contributed by atoms with Crippen molar-refractivity contribution in [2.75, 3.05) is 26.2 Å². The fourth-order valence-corrected chi connectivity index (χ4v) is 4.29. The van der Waals surface area contributed by atoms with Gasteiger partial charge in [-0.1, -0.05) is 43.2 Å². The Labute approximate surface area is 238 Å². The predicted molar refractivity (Wildman–Crippen MR) is 152 cm³/mol. The SMILES string of the molecule is CB(O)c1cccc(CC(=O)[C@@H](CCc2ccc(C(F)(F)F)cc2)NC(=O)[C@@H](N)CCC(=O)N(CCN)CCN)c1. The van der Waals surface area contributed by atoms with Crippen molar-refractivity contribution in [3.8, 4) is 0 Å². The summed E-state index contributed by atoms with van der Waals surface area (Å²) >= 11 is 0. The van der Waals surface area contributed by atoms with Gasteiger partial charge < -0.3 is 32.4 Å². The van der Waals surface area contributed by atoms with Crippen LogP contribution in [0.25, 0.3) is 0 Å². The molecule has 41 heavy (non-hydrogen) atoms. The molecule has 0 radical (unpaired) electrons. The van der Waals surface area contributed by atoms with Crippen molar-refractivity contribution in [1.82, 2.24) is 10.2 Å². The molecule has 0 heterocycles. The first-order valence-corrected chi connectivity index (χ1v) is 13.5. The van der Waals surface area contributed by atoms with Gasteiger partial charge in [0.15, 0.2) is 5.78 Å². The molecule has 2 rings (SSSR count). The number of nitrogens with zero attached hydrogens (tertiary/aromatic N) is 1. The molecule has 0 aliphatic carbocycles. The van der Waals surface area contributed by atoms with Crippen molar-refractivity contribution in [3.05, 3.63) is 65.2 Å². The molecule has 2 atom stereocenters. The lowest BCUT2D eigenvalue weighted by Gasteiger charge is -2.23. The maximum atomic E-state index is 13.3. The van der Waals surface area contributed by atoms with Crippen LogP contribution in [0, 0.1) is 0 Å². The molecule has 2 aromatic carbocycles. The molecule has 0 fully saturated rings. The van der Waals surface area contributed by atoms with Gasteiger partial charge in [-0.3, -0.25) is 14.4 Å². The number of Topliss-reactive ketones (excluding diaryl/α,β-unsaturated/α-hetero) is 1. The second-order valence-corrected chi connectivity index (χ2v) is 9.96. The third-order valence-electron chi connectivity index (χ3n) is 6.68. The highest BCUT2D eigenvalue weighted by Gasteiger charge is 2.30. The monoisotopic (exact) mass is 577 g/mol. The van der Waals surface area contributed by atoms with Crippen molar-refractivity contribution in [1.29, 1.82) is 0 Å². The third kappa shape index (κ3) is 11.3. The molecule has 0 saturated heterocycles. The fraction of sp³-hybridized carbons (Fsp3) is 0.464. The maximum Gasteiger partial charge on any atom is 0.416 e. The highest BCUT2D eigenvalue weighted by molar-refractivity contribution is 6.64. The number of halogens is 3. The minimum atomic E-state index is -4.46. The van der Waals surface area contributed by atoms with Crippen LogP contribution in [0.5, 0.6) is 0 Å². The zero-order valence-corrected chi connectivity index (χ0v) is 23.2. The summed E-state index contributed by atoms with van der Waals surface area (Å²) in [7, 11) is 0. The van der Waals surface area contributed by atoms with Gasteiger partial charge >= 0.3 is 13.1 Å². The number of hydrogen-bond acceptors (Lipinski definition) is 7. The van der Waals surface area contributed by atoms with Crippen LogP contribution in [0.15, 0.2) is 48.5 Å². The van der Waals surface area contributed by atoms with Crippen LogP contribution < -0.4 is 28.0 Å². The standard InChI is InChI=1S/C28H39BF3N5O4/c1-29(41)22-4-2-3-20(17-22)18-25(38)24(11-7-19-5-8-21(9-6-19)28(30,31)32)36-27(40)23(35)10-12-26(39)37(15-13-33)16-14-34/h2-6,8-9,17,23-24,41H,7,10-16,18,33-35H2,1H3,(H,36,40)/t23-,24+/m0/s1. The minimum absolute atomic E-state index is 0.00904. The summed E-state index contributed by atoms with van der Waals surface area (Å²) in [5.74, 6) is -1.18. The number of alkyl halides is 3. The molecular weight excluding hydrogens is 538 g/mol. The van der Waals surface area contributed by atoms with E-state index in [0.29, 0.717) is 29.7 Å². The summed E-state index contributed by atoms with van der Waals surface area (Å²) in [4.78, 5) is 40.2. The second kappa shape index (κ2) is 16.3. The van der Waals surface area contributed by atoms with Crippen LogP contribution in [0.2, 0.25) is 6.82 Å². The molecule has 0 saturated carbocycles. The first-order valence-electron chi connectivity index (χ1n) is 13.5. The molecule has 0 aliphatic rings. The Morgan fingerprint density at radius 3 is 2.20 bits per heavy atom. The van der Waals surface area contributed by atoms with E-state index in [1.807, 2.05) is 0 Å². The lowest BCUT2D eigenvalue weighted by Crippen LogP contribution is -2.49. The Bertz CT molecular complexity index is 1140. The van der Waals surface area contributed by atoms with Gasteiger partial charge in [-0.25, -0.2) is 0 Å². The third-order valence-corrected chi connectivity index (χ3v) is 6.68. The van der Waals surface area contributed by atoms with Crippen LogP contribution in [-0.4, -0.2) is 72.7 Å². The molecule has 8 N–H and O–H groups in total. The van der Waals surface area contributed by atoms with Crippen LogP contribution in [0.3, 0.4) is 0 Å². The Morgan fingerprint density at radius 1 is 1.00 bits per heavy atom. The summed E-state index contributed by atoms with van der Waals surface area (Å²) in [6.07, 6.45) is -4.13. The van der Waals surface area contributed by atoms with E-state index in [-0.39, 0.29) is 56.9 Å². The lowest BCUT2D eigenvalue weighted by molar-refractivity contribution is -0.137. The van der Waals surface area contributed by atoms with E-state index in [2.05, 4.69) is 5.32 Å². The van der Waals surface area contributed by atoms with Gasteiger partial charge in [0.1, 0.15) is 0 Å². The van der Waals surface area contributed by atoms with Crippen molar-refractivity contribution < 1.29 is 32.6 Å². The minimum Gasteiger partial charge on any atom is -0.447 e. The zero-order valence-electron chi connectivity index (χ0n) is 23.2. The molecule has 9 nitrogen and oxygen atoms in total. The first kappa shape index (κ1) is 33.9. The topological polar surface area (TPSA) is 165 Å². The van der Waals surface area contributed by atoms with Crippen molar-refractivity contribution in [3.63, 3.8) is 0 Å². The van der Waals surface area contributed by atoms with Gasteiger partial charge in [-0.2, -0.15) is 13.2 Å². The number of carbonyl (C=O) groups excluding carboxylic acids is 3. The Hall–Kier alpha value is -3.26. The van der Waals surface area contributed by atoms with Crippen LogP contribution in [0.1, 0.15) is 36.0 Å². The summed E-state index contributed by atoms with van der Waals surface area (Å²) in [5, 5.41) is 12.5. The number of ketones is 1. The average molecular weight is 577 g/mol. The molecule has 0 unspecified atom stereocenters. The molecule has 224 valence electrons. The van der Waals surface area contributed by atoms with Crippen LogP contribution >= 0.6 is 0 Å². The van der Waals surface area contributed by atoms with Crippen LogP contribution in [0.4, 0.5) is 13.2 Å². The molecule has 2 aromatic rings. The smallest absolute Gasteiger partial charge is 0.416 e. The number of hydrogen-bond donors (Lipinski definition) is 5. The lowest BCUT2D eigenvalue weighted by atomic mass is 9.64. The molecule has 0 spiro atoms. The van der Waals surface area contributed by atoms with Gasteiger partial charge in [-0.05, 0) is 48.0 Å². The summed E-state index contributed by atoms with van der Waals surface area (Å²) in [5.41, 5.74) is 18.2. The summed E-state index contributed by atoms with van der Waals surface area (Å²) in [6.45, 7) is 2.06. The largest absolute Gasteiger partial charge is 0.447 e. The van der Waals surface area contributed by atoms with Gasteiger partial charge in [0.2, 0.25) is 11.8 Å². The van der Waals surface area contributed by atoms with Gasteiger partial charge in [0, 0.05) is 39.0 Å². The number of rotatable bonds is 16. The first-order chi connectivity index (χ1) is 19.3.